The van der Waals surface area contributed by atoms with E-state index in [0.29, 0.717) is 6.42 Å². The highest BCUT2D eigenvalue weighted by molar-refractivity contribution is 14.0. The van der Waals surface area contributed by atoms with E-state index in [1.54, 1.807) is 13.2 Å². The Labute approximate surface area is 183 Å². The Hall–Kier alpha value is -2.10. The Kier molecular flexibility index (Phi) is 8.75. The molecule has 28 heavy (non-hydrogen) atoms. The molecule has 2 heterocycles. The van der Waals surface area contributed by atoms with Crippen molar-refractivity contribution in [1.82, 2.24) is 25.3 Å². The second-order valence-electron chi connectivity index (χ2n) is 6.69. The number of hydrogen-bond donors (Lipinski definition) is 2. The van der Waals surface area contributed by atoms with Crippen LogP contribution in [-0.2, 0) is 11.2 Å². The van der Waals surface area contributed by atoms with Gasteiger partial charge in [0, 0.05) is 51.5 Å². The van der Waals surface area contributed by atoms with Gasteiger partial charge in [0.15, 0.2) is 5.96 Å². The molecule has 1 aliphatic rings. The van der Waals surface area contributed by atoms with Gasteiger partial charge in [0.25, 0.3) is 0 Å². The SMILES string of the molecule is CCC(=O)N1CCC(NC(=NC)NCCc2ccc(-n3cccn3)cc2)C1.I. The number of rotatable bonds is 6. The lowest BCUT2D eigenvalue weighted by Gasteiger charge is -2.18. The Bertz CT molecular complexity index is 760. The van der Waals surface area contributed by atoms with Crippen LogP contribution in [-0.4, -0.2) is 59.3 Å². The largest absolute Gasteiger partial charge is 0.356 e. The van der Waals surface area contributed by atoms with Crippen LogP contribution in [0.15, 0.2) is 47.7 Å². The Balaban J connectivity index is 0.00000280. The molecule has 1 unspecified atom stereocenters. The van der Waals surface area contributed by atoms with Gasteiger partial charge < -0.3 is 15.5 Å². The topological polar surface area (TPSA) is 74.6 Å². The number of hydrogen-bond acceptors (Lipinski definition) is 3. The molecule has 1 saturated heterocycles. The van der Waals surface area contributed by atoms with Crippen molar-refractivity contribution in [2.24, 2.45) is 4.99 Å². The second-order valence-corrected chi connectivity index (χ2v) is 6.69. The molecular formula is C20H29IN6O. The highest BCUT2D eigenvalue weighted by Gasteiger charge is 2.25. The van der Waals surface area contributed by atoms with E-state index >= 15 is 0 Å². The molecule has 0 aliphatic carbocycles. The molecule has 0 spiro atoms. The predicted molar refractivity (Wildman–Crippen MR) is 122 cm³/mol. The summed E-state index contributed by atoms with van der Waals surface area (Å²) in [5.41, 5.74) is 2.32. The summed E-state index contributed by atoms with van der Waals surface area (Å²) in [6, 6.07) is 10.6. The summed E-state index contributed by atoms with van der Waals surface area (Å²) in [7, 11) is 1.78. The van der Waals surface area contributed by atoms with E-state index in [1.807, 2.05) is 28.8 Å². The molecule has 0 saturated carbocycles. The minimum Gasteiger partial charge on any atom is -0.356 e. The van der Waals surface area contributed by atoms with Crippen LogP contribution in [0.2, 0.25) is 0 Å². The Morgan fingerprint density at radius 1 is 1.32 bits per heavy atom. The molecule has 0 radical (unpaired) electrons. The lowest BCUT2D eigenvalue weighted by atomic mass is 10.1. The molecule has 1 atom stereocenters. The Morgan fingerprint density at radius 3 is 2.75 bits per heavy atom. The zero-order valence-corrected chi connectivity index (χ0v) is 18.8. The van der Waals surface area contributed by atoms with Gasteiger partial charge in [-0.3, -0.25) is 9.79 Å². The van der Waals surface area contributed by atoms with Gasteiger partial charge in [-0.15, -0.1) is 24.0 Å². The molecule has 152 valence electrons. The van der Waals surface area contributed by atoms with E-state index < -0.39 is 0 Å². The zero-order valence-electron chi connectivity index (χ0n) is 16.5. The maximum absolute atomic E-state index is 11.8. The van der Waals surface area contributed by atoms with Crippen molar-refractivity contribution in [3.63, 3.8) is 0 Å². The zero-order chi connectivity index (χ0) is 19.1. The number of nitrogens with one attached hydrogen (secondary N) is 2. The van der Waals surface area contributed by atoms with Crippen LogP contribution in [0, 0.1) is 0 Å². The predicted octanol–water partition coefficient (Wildman–Crippen LogP) is 2.21. The molecule has 3 rings (SSSR count). The Morgan fingerprint density at radius 2 is 2.11 bits per heavy atom. The number of halogens is 1. The van der Waals surface area contributed by atoms with Crippen molar-refractivity contribution in [1.29, 1.82) is 0 Å². The average molecular weight is 496 g/mol. The van der Waals surface area contributed by atoms with E-state index in [-0.39, 0.29) is 35.9 Å². The first-order valence-electron chi connectivity index (χ1n) is 9.53. The molecule has 1 aromatic carbocycles. The molecule has 1 amide bonds. The number of aliphatic imine (C=N–C) groups is 1. The van der Waals surface area contributed by atoms with Crippen molar-refractivity contribution in [2.45, 2.75) is 32.2 Å². The lowest BCUT2D eigenvalue weighted by Crippen LogP contribution is -2.45. The number of amides is 1. The lowest BCUT2D eigenvalue weighted by molar-refractivity contribution is -0.129. The maximum Gasteiger partial charge on any atom is 0.222 e. The highest BCUT2D eigenvalue weighted by Crippen LogP contribution is 2.11. The van der Waals surface area contributed by atoms with Crippen molar-refractivity contribution in [3.8, 4) is 5.69 Å². The third kappa shape index (κ3) is 5.95. The smallest absolute Gasteiger partial charge is 0.222 e. The summed E-state index contributed by atoms with van der Waals surface area (Å²) >= 11 is 0. The fraction of sp³-hybridized carbons (Fsp3) is 0.450. The number of carbonyl (C=O) groups is 1. The first kappa shape index (κ1) is 22.2. The summed E-state index contributed by atoms with van der Waals surface area (Å²) in [5.74, 6) is 1.01. The van der Waals surface area contributed by atoms with Crippen LogP contribution in [0.25, 0.3) is 5.69 Å². The molecule has 1 aliphatic heterocycles. The molecule has 2 N–H and O–H groups in total. The molecule has 2 aromatic rings. The highest BCUT2D eigenvalue weighted by atomic mass is 127. The van der Waals surface area contributed by atoms with E-state index in [0.717, 1.165) is 44.1 Å². The number of nitrogens with zero attached hydrogens (tertiary/aromatic N) is 4. The van der Waals surface area contributed by atoms with Gasteiger partial charge in [-0.1, -0.05) is 19.1 Å². The van der Waals surface area contributed by atoms with Crippen LogP contribution < -0.4 is 10.6 Å². The third-order valence-corrected chi connectivity index (χ3v) is 4.82. The summed E-state index contributed by atoms with van der Waals surface area (Å²) in [6.45, 7) is 4.28. The quantitative estimate of drug-likeness (QED) is 0.366. The monoisotopic (exact) mass is 496 g/mol. The van der Waals surface area contributed by atoms with E-state index in [2.05, 4.69) is 45.0 Å². The summed E-state index contributed by atoms with van der Waals surface area (Å²) in [6.07, 6.45) is 6.15. The third-order valence-electron chi connectivity index (χ3n) is 4.82. The minimum atomic E-state index is 0. The second kappa shape index (κ2) is 11.0. The molecular weight excluding hydrogens is 467 g/mol. The van der Waals surface area contributed by atoms with Gasteiger partial charge in [0.1, 0.15) is 0 Å². The fourth-order valence-electron chi connectivity index (χ4n) is 3.28. The molecule has 1 fully saturated rings. The van der Waals surface area contributed by atoms with Gasteiger partial charge in [-0.05, 0) is 36.6 Å². The molecule has 8 heteroatoms. The van der Waals surface area contributed by atoms with Crippen molar-refractivity contribution < 1.29 is 4.79 Å². The van der Waals surface area contributed by atoms with Crippen LogP contribution in [0.1, 0.15) is 25.3 Å². The first-order valence-corrected chi connectivity index (χ1v) is 9.53. The van der Waals surface area contributed by atoms with Crippen molar-refractivity contribution in [3.05, 3.63) is 48.3 Å². The van der Waals surface area contributed by atoms with Crippen LogP contribution in [0.5, 0.6) is 0 Å². The summed E-state index contributed by atoms with van der Waals surface area (Å²) in [5, 5.41) is 11.0. The summed E-state index contributed by atoms with van der Waals surface area (Å²) < 4.78 is 1.85. The van der Waals surface area contributed by atoms with Crippen molar-refractivity contribution in [2.75, 3.05) is 26.7 Å². The number of likely N-dealkylation sites (tertiary alicyclic amines) is 1. The number of carbonyl (C=O) groups excluding carboxylic acids is 1. The van der Waals surface area contributed by atoms with E-state index in [1.165, 1.54) is 5.56 Å². The van der Waals surface area contributed by atoms with Crippen LogP contribution >= 0.6 is 24.0 Å². The van der Waals surface area contributed by atoms with Gasteiger partial charge in [-0.2, -0.15) is 5.10 Å². The number of guanidine groups is 1. The van der Waals surface area contributed by atoms with Gasteiger partial charge in [0.2, 0.25) is 5.91 Å². The van der Waals surface area contributed by atoms with Gasteiger partial charge in [-0.25, -0.2) is 4.68 Å². The fourth-order valence-corrected chi connectivity index (χ4v) is 3.28. The van der Waals surface area contributed by atoms with E-state index in [9.17, 15) is 4.79 Å². The number of benzene rings is 1. The first-order chi connectivity index (χ1) is 13.2. The van der Waals surface area contributed by atoms with Crippen LogP contribution in [0.4, 0.5) is 0 Å². The molecule has 1 aromatic heterocycles. The number of aromatic nitrogens is 2. The summed E-state index contributed by atoms with van der Waals surface area (Å²) in [4.78, 5) is 18.0. The molecule has 7 nitrogen and oxygen atoms in total. The normalized spacial score (nSPS) is 16.6. The standard InChI is InChI=1S/C20H28N6O.HI/c1-3-19(27)25-14-10-17(15-25)24-20(21-2)22-12-9-16-5-7-18(8-6-16)26-13-4-11-23-26;/h4-8,11,13,17H,3,9-10,12,14-15H2,1-2H3,(H2,21,22,24);1H. The van der Waals surface area contributed by atoms with Crippen LogP contribution in [0.3, 0.4) is 0 Å². The van der Waals surface area contributed by atoms with Gasteiger partial charge in [0.05, 0.1) is 5.69 Å². The maximum atomic E-state index is 11.8. The van der Waals surface area contributed by atoms with Crippen molar-refractivity contribution >= 4 is 35.8 Å². The average Bonchev–Trinajstić information content (AvgIpc) is 3.39. The minimum absolute atomic E-state index is 0. The van der Waals surface area contributed by atoms with E-state index in [4.69, 9.17) is 0 Å². The van der Waals surface area contributed by atoms with Gasteiger partial charge >= 0.3 is 0 Å². The molecule has 0 bridgehead atoms.